The monoisotopic (exact) mass is 232 g/mol. The molecule has 92 valence electrons. The van der Waals surface area contributed by atoms with Crippen molar-refractivity contribution in [3.05, 3.63) is 35.7 Å². The molecule has 0 aromatic carbocycles. The van der Waals surface area contributed by atoms with Crippen molar-refractivity contribution in [3.8, 4) is 0 Å². The van der Waals surface area contributed by atoms with E-state index < -0.39 is 6.10 Å². The Morgan fingerprint density at radius 1 is 1.53 bits per heavy atom. The Balaban J connectivity index is 2.19. The summed E-state index contributed by atoms with van der Waals surface area (Å²) in [4.78, 5) is 4.04. The normalized spacial score (nSPS) is 26.4. The van der Waals surface area contributed by atoms with Crippen molar-refractivity contribution in [1.82, 2.24) is 4.98 Å². The minimum atomic E-state index is -0.505. The Bertz CT molecular complexity index is 428. The Morgan fingerprint density at radius 2 is 2.29 bits per heavy atom. The third-order valence-corrected chi connectivity index (χ3v) is 3.48. The summed E-state index contributed by atoms with van der Waals surface area (Å²) in [6.07, 6.45) is 7.07. The second-order valence-corrected chi connectivity index (χ2v) is 5.14. The summed E-state index contributed by atoms with van der Waals surface area (Å²) in [5, 5.41) is 10.4. The van der Waals surface area contributed by atoms with Crippen molar-refractivity contribution in [2.24, 2.45) is 11.8 Å². The fourth-order valence-corrected chi connectivity index (χ4v) is 2.76. The molecule has 0 aliphatic heterocycles. The van der Waals surface area contributed by atoms with Gasteiger partial charge in [-0.15, -0.1) is 0 Å². The molecule has 0 amide bonds. The quantitative estimate of drug-likeness (QED) is 0.771. The van der Waals surface area contributed by atoms with Crippen molar-refractivity contribution < 1.29 is 5.11 Å². The van der Waals surface area contributed by atoms with Crippen molar-refractivity contribution >= 4 is 5.69 Å². The molecule has 1 aliphatic rings. The van der Waals surface area contributed by atoms with Gasteiger partial charge in [0.2, 0.25) is 0 Å². The van der Waals surface area contributed by atoms with E-state index in [0.29, 0.717) is 11.6 Å². The zero-order valence-corrected chi connectivity index (χ0v) is 10.4. The van der Waals surface area contributed by atoms with Gasteiger partial charge >= 0.3 is 0 Å². The molecule has 0 fully saturated rings. The Kier molecular flexibility index (Phi) is 3.48. The number of allylic oxidation sites excluding steroid dienone is 2. The van der Waals surface area contributed by atoms with Crippen LogP contribution in [0.4, 0.5) is 5.69 Å². The molecule has 0 radical (unpaired) electrons. The second-order valence-electron chi connectivity index (χ2n) is 5.14. The first-order valence-electron chi connectivity index (χ1n) is 6.12. The van der Waals surface area contributed by atoms with Gasteiger partial charge in [-0.25, -0.2) is 0 Å². The van der Waals surface area contributed by atoms with Crippen LogP contribution in [-0.2, 0) is 0 Å². The van der Waals surface area contributed by atoms with E-state index in [4.69, 9.17) is 5.73 Å². The molecule has 1 aromatic heterocycles. The first-order chi connectivity index (χ1) is 8.08. The van der Waals surface area contributed by atoms with Gasteiger partial charge in [-0.3, -0.25) is 4.98 Å². The average Bonchev–Trinajstić information content (AvgIpc) is 2.27. The average molecular weight is 232 g/mol. The molecular weight excluding hydrogens is 212 g/mol. The molecular formula is C14H20N2O. The van der Waals surface area contributed by atoms with E-state index in [1.807, 2.05) is 0 Å². The molecule has 3 heteroatoms. The molecule has 0 bridgehead atoms. The van der Waals surface area contributed by atoms with Crippen LogP contribution in [0.3, 0.4) is 0 Å². The molecule has 1 heterocycles. The highest BCUT2D eigenvalue weighted by Gasteiger charge is 2.27. The predicted molar refractivity (Wildman–Crippen MR) is 69.3 cm³/mol. The molecule has 2 rings (SSSR count). The van der Waals surface area contributed by atoms with E-state index in [1.165, 1.54) is 5.57 Å². The maximum atomic E-state index is 10.4. The van der Waals surface area contributed by atoms with Gasteiger partial charge in [0.25, 0.3) is 0 Å². The highest BCUT2D eigenvalue weighted by Crippen LogP contribution is 2.37. The third-order valence-electron chi connectivity index (χ3n) is 3.48. The lowest BCUT2D eigenvalue weighted by Gasteiger charge is -2.29. The van der Waals surface area contributed by atoms with E-state index in [0.717, 1.165) is 18.4 Å². The minimum absolute atomic E-state index is 0.251. The smallest absolute Gasteiger partial charge is 0.0856 e. The highest BCUT2D eigenvalue weighted by molar-refractivity contribution is 5.45. The van der Waals surface area contributed by atoms with Crippen LogP contribution in [0, 0.1) is 11.8 Å². The molecule has 17 heavy (non-hydrogen) atoms. The van der Waals surface area contributed by atoms with E-state index in [-0.39, 0.29) is 5.92 Å². The summed E-state index contributed by atoms with van der Waals surface area (Å²) >= 11 is 0. The van der Waals surface area contributed by atoms with E-state index in [9.17, 15) is 5.11 Å². The molecule has 0 spiro atoms. The molecule has 1 aromatic rings. The number of hydrogen-bond donors (Lipinski definition) is 2. The van der Waals surface area contributed by atoms with Gasteiger partial charge in [-0.1, -0.05) is 18.6 Å². The SMILES string of the molecule is CC1=CC(C)CC(C(O)c2cnccc2N)C1. The minimum Gasteiger partial charge on any atom is -0.398 e. The zero-order chi connectivity index (χ0) is 12.4. The lowest BCUT2D eigenvalue weighted by atomic mass is 9.79. The predicted octanol–water partition coefficient (Wildman–Crippen LogP) is 2.69. The number of aliphatic hydroxyl groups excluding tert-OH is 1. The van der Waals surface area contributed by atoms with Gasteiger partial charge in [-0.05, 0) is 37.7 Å². The van der Waals surface area contributed by atoms with Crippen LogP contribution in [-0.4, -0.2) is 10.1 Å². The molecule has 3 nitrogen and oxygen atoms in total. The van der Waals surface area contributed by atoms with Crippen LogP contribution in [0.15, 0.2) is 30.1 Å². The molecule has 0 saturated carbocycles. The zero-order valence-electron chi connectivity index (χ0n) is 10.4. The fraction of sp³-hybridized carbons (Fsp3) is 0.500. The molecule has 3 unspecified atom stereocenters. The van der Waals surface area contributed by atoms with Crippen molar-refractivity contribution in [1.29, 1.82) is 0 Å². The Labute approximate surface area is 102 Å². The number of anilines is 1. The van der Waals surface area contributed by atoms with Crippen LogP contribution in [0.5, 0.6) is 0 Å². The second kappa shape index (κ2) is 4.88. The van der Waals surface area contributed by atoms with Crippen molar-refractivity contribution in [2.75, 3.05) is 5.73 Å². The Morgan fingerprint density at radius 3 is 2.94 bits per heavy atom. The topological polar surface area (TPSA) is 59.1 Å². The lowest BCUT2D eigenvalue weighted by molar-refractivity contribution is 0.0936. The summed E-state index contributed by atoms with van der Waals surface area (Å²) in [5.41, 5.74) is 8.63. The number of aromatic nitrogens is 1. The molecule has 3 atom stereocenters. The van der Waals surface area contributed by atoms with Crippen LogP contribution in [0.25, 0.3) is 0 Å². The third kappa shape index (κ3) is 2.67. The number of pyridine rings is 1. The largest absolute Gasteiger partial charge is 0.398 e. The number of nitrogen functional groups attached to an aromatic ring is 1. The standard InChI is InChI=1S/C14H20N2O/c1-9-5-10(2)7-11(6-9)14(17)12-8-16-4-3-13(12)15/h3-5,8-9,11,14,17H,6-7H2,1-2H3,(H2,15,16). The number of rotatable bonds is 2. The number of hydrogen-bond acceptors (Lipinski definition) is 3. The summed E-state index contributed by atoms with van der Waals surface area (Å²) in [6, 6.07) is 1.74. The summed E-state index contributed by atoms with van der Waals surface area (Å²) in [6.45, 7) is 4.32. The Hall–Kier alpha value is -1.35. The van der Waals surface area contributed by atoms with Gasteiger partial charge in [0.15, 0.2) is 0 Å². The first-order valence-corrected chi connectivity index (χ1v) is 6.12. The van der Waals surface area contributed by atoms with Crippen LogP contribution in [0.1, 0.15) is 38.4 Å². The maximum Gasteiger partial charge on any atom is 0.0856 e. The van der Waals surface area contributed by atoms with E-state index in [2.05, 4.69) is 24.9 Å². The number of nitrogens with two attached hydrogens (primary N) is 1. The lowest BCUT2D eigenvalue weighted by Crippen LogP contribution is -2.20. The van der Waals surface area contributed by atoms with E-state index >= 15 is 0 Å². The van der Waals surface area contributed by atoms with Crippen molar-refractivity contribution in [2.45, 2.75) is 32.8 Å². The summed E-state index contributed by atoms with van der Waals surface area (Å²) < 4.78 is 0. The number of nitrogens with zero attached hydrogens (tertiary/aromatic N) is 1. The van der Waals surface area contributed by atoms with Gasteiger partial charge < -0.3 is 10.8 Å². The first kappa shape index (κ1) is 12.1. The van der Waals surface area contributed by atoms with Gasteiger partial charge in [0.1, 0.15) is 0 Å². The molecule has 3 N–H and O–H groups in total. The van der Waals surface area contributed by atoms with E-state index in [1.54, 1.807) is 18.5 Å². The molecule has 0 saturated heterocycles. The number of aliphatic hydroxyl groups is 1. The van der Waals surface area contributed by atoms with Crippen molar-refractivity contribution in [3.63, 3.8) is 0 Å². The fourth-order valence-electron chi connectivity index (χ4n) is 2.76. The summed E-state index contributed by atoms with van der Waals surface area (Å²) in [7, 11) is 0. The summed E-state index contributed by atoms with van der Waals surface area (Å²) in [5.74, 6) is 0.780. The van der Waals surface area contributed by atoms with Gasteiger partial charge in [0, 0.05) is 23.6 Å². The van der Waals surface area contributed by atoms with Crippen LogP contribution in [0.2, 0.25) is 0 Å². The van der Waals surface area contributed by atoms with Gasteiger partial charge in [-0.2, -0.15) is 0 Å². The maximum absolute atomic E-state index is 10.4. The highest BCUT2D eigenvalue weighted by atomic mass is 16.3. The molecule has 1 aliphatic carbocycles. The van der Waals surface area contributed by atoms with Crippen LogP contribution < -0.4 is 5.73 Å². The van der Waals surface area contributed by atoms with Crippen LogP contribution >= 0.6 is 0 Å². The van der Waals surface area contributed by atoms with Gasteiger partial charge in [0.05, 0.1) is 6.10 Å².